The molecule has 2 rings (SSSR count). The molecular weight excluding hydrogens is 311 g/mol. The molecule has 1 unspecified atom stereocenters. The van der Waals surface area contributed by atoms with Crippen molar-refractivity contribution in [2.45, 2.75) is 19.5 Å². The predicted octanol–water partition coefficient (Wildman–Crippen LogP) is 2.43. The second-order valence-corrected chi connectivity index (χ2v) is 5.94. The van der Waals surface area contributed by atoms with Crippen molar-refractivity contribution in [3.8, 4) is 0 Å². The van der Waals surface area contributed by atoms with Crippen molar-refractivity contribution in [1.29, 1.82) is 0 Å². The molecule has 1 heterocycles. The van der Waals surface area contributed by atoms with Gasteiger partial charge < -0.3 is 4.90 Å². The molecule has 0 saturated carbocycles. The zero-order chi connectivity index (χ0) is 11.5. The Morgan fingerprint density at radius 2 is 1.94 bits per heavy atom. The van der Waals surface area contributed by atoms with Crippen LogP contribution in [0.3, 0.4) is 0 Å². The highest BCUT2D eigenvalue weighted by Gasteiger charge is 2.20. The summed E-state index contributed by atoms with van der Waals surface area (Å²) in [4.78, 5) is 4.98. The molecular formula is C13H19IN2. The maximum Gasteiger partial charge on any atom is 0.0234 e. The summed E-state index contributed by atoms with van der Waals surface area (Å²) < 4.78 is 1.31. The Labute approximate surface area is 112 Å². The van der Waals surface area contributed by atoms with Crippen LogP contribution in [-0.2, 0) is 6.54 Å². The summed E-state index contributed by atoms with van der Waals surface area (Å²) in [7, 11) is 2.22. The van der Waals surface area contributed by atoms with Gasteiger partial charge in [-0.25, -0.2) is 0 Å². The van der Waals surface area contributed by atoms with E-state index in [9.17, 15) is 0 Å². The number of halogens is 1. The van der Waals surface area contributed by atoms with Gasteiger partial charge in [0.2, 0.25) is 0 Å². The number of benzene rings is 1. The molecule has 88 valence electrons. The molecule has 1 aliphatic heterocycles. The Morgan fingerprint density at radius 1 is 1.25 bits per heavy atom. The molecule has 1 aliphatic rings. The third-order valence-electron chi connectivity index (χ3n) is 3.36. The number of likely N-dealkylation sites (N-methyl/N-ethyl adjacent to an activating group) is 1. The Balaban J connectivity index is 1.93. The van der Waals surface area contributed by atoms with E-state index in [0.29, 0.717) is 6.04 Å². The fourth-order valence-corrected chi connectivity index (χ4v) is 2.48. The maximum atomic E-state index is 2.55. The monoisotopic (exact) mass is 330 g/mol. The molecule has 0 aromatic heterocycles. The molecule has 0 bridgehead atoms. The van der Waals surface area contributed by atoms with E-state index in [-0.39, 0.29) is 0 Å². The first-order valence-corrected chi connectivity index (χ1v) is 6.90. The molecule has 0 spiro atoms. The molecule has 1 atom stereocenters. The van der Waals surface area contributed by atoms with Gasteiger partial charge in [-0.2, -0.15) is 0 Å². The fourth-order valence-electron chi connectivity index (χ4n) is 2.12. The van der Waals surface area contributed by atoms with Gasteiger partial charge in [-0.3, -0.25) is 4.90 Å². The van der Waals surface area contributed by atoms with Gasteiger partial charge in [0, 0.05) is 35.8 Å². The summed E-state index contributed by atoms with van der Waals surface area (Å²) in [5.74, 6) is 0. The summed E-state index contributed by atoms with van der Waals surface area (Å²) in [5.41, 5.74) is 1.43. The molecule has 1 aromatic rings. The summed E-state index contributed by atoms with van der Waals surface area (Å²) >= 11 is 2.35. The zero-order valence-electron chi connectivity index (χ0n) is 9.99. The second-order valence-electron chi connectivity index (χ2n) is 4.69. The van der Waals surface area contributed by atoms with Gasteiger partial charge >= 0.3 is 0 Å². The first kappa shape index (κ1) is 12.3. The molecule has 1 aromatic carbocycles. The molecule has 1 saturated heterocycles. The zero-order valence-corrected chi connectivity index (χ0v) is 12.1. The van der Waals surface area contributed by atoms with Crippen LogP contribution in [0.15, 0.2) is 24.3 Å². The SMILES string of the molecule is CC1CN(Cc2ccc(I)cc2)CCN1C. The average molecular weight is 330 g/mol. The molecule has 0 amide bonds. The summed E-state index contributed by atoms with van der Waals surface area (Å²) in [6.45, 7) is 6.95. The van der Waals surface area contributed by atoms with Gasteiger partial charge in [-0.1, -0.05) is 12.1 Å². The lowest BCUT2D eigenvalue weighted by atomic mass is 10.1. The molecule has 2 nitrogen and oxygen atoms in total. The number of hydrogen-bond acceptors (Lipinski definition) is 2. The van der Waals surface area contributed by atoms with Crippen LogP contribution in [0.5, 0.6) is 0 Å². The highest BCUT2D eigenvalue weighted by Crippen LogP contribution is 2.13. The van der Waals surface area contributed by atoms with Gasteiger partial charge in [0.05, 0.1) is 0 Å². The third kappa shape index (κ3) is 3.18. The van der Waals surface area contributed by atoms with Crippen molar-refractivity contribution in [2.24, 2.45) is 0 Å². The number of rotatable bonds is 2. The maximum absolute atomic E-state index is 2.55. The van der Waals surface area contributed by atoms with Crippen molar-refractivity contribution in [3.63, 3.8) is 0 Å². The van der Waals surface area contributed by atoms with Gasteiger partial charge in [0.25, 0.3) is 0 Å². The van der Waals surface area contributed by atoms with Crippen LogP contribution < -0.4 is 0 Å². The summed E-state index contributed by atoms with van der Waals surface area (Å²) in [5, 5.41) is 0. The Kier molecular flexibility index (Phi) is 4.21. The molecule has 1 fully saturated rings. The molecule has 0 N–H and O–H groups in total. The van der Waals surface area contributed by atoms with Crippen molar-refractivity contribution in [2.75, 3.05) is 26.7 Å². The molecule has 0 radical (unpaired) electrons. The van der Waals surface area contributed by atoms with E-state index in [1.165, 1.54) is 28.8 Å². The molecule has 3 heteroatoms. The smallest absolute Gasteiger partial charge is 0.0234 e. The summed E-state index contributed by atoms with van der Waals surface area (Å²) in [6, 6.07) is 9.54. The first-order valence-electron chi connectivity index (χ1n) is 5.82. The van der Waals surface area contributed by atoms with Crippen LogP contribution in [0.25, 0.3) is 0 Å². The topological polar surface area (TPSA) is 6.48 Å². The average Bonchev–Trinajstić information content (AvgIpc) is 2.27. The van der Waals surface area contributed by atoms with Crippen LogP contribution in [-0.4, -0.2) is 42.5 Å². The minimum Gasteiger partial charge on any atom is -0.301 e. The standard InChI is InChI=1S/C13H19IN2/c1-11-9-16(8-7-15(11)2)10-12-3-5-13(14)6-4-12/h3-6,11H,7-10H2,1-2H3. The van der Waals surface area contributed by atoms with Crippen LogP contribution in [0.4, 0.5) is 0 Å². The lowest BCUT2D eigenvalue weighted by molar-refractivity contribution is 0.1000. The van der Waals surface area contributed by atoms with Gasteiger partial charge in [0.1, 0.15) is 0 Å². The first-order chi connectivity index (χ1) is 7.65. The fraction of sp³-hybridized carbons (Fsp3) is 0.538. The van der Waals surface area contributed by atoms with E-state index < -0.39 is 0 Å². The predicted molar refractivity (Wildman–Crippen MR) is 76.5 cm³/mol. The van der Waals surface area contributed by atoms with Crippen molar-refractivity contribution >= 4 is 22.6 Å². The third-order valence-corrected chi connectivity index (χ3v) is 4.08. The van der Waals surface area contributed by atoms with Gasteiger partial charge in [-0.05, 0) is 54.3 Å². The van der Waals surface area contributed by atoms with Crippen molar-refractivity contribution in [3.05, 3.63) is 33.4 Å². The highest BCUT2D eigenvalue weighted by molar-refractivity contribution is 14.1. The Bertz CT molecular complexity index is 336. The molecule has 0 aliphatic carbocycles. The lowest BCUT2D eigenvalue weighted by Crippen LogP contribution is -2.49. The molecule has 16 heavy (non-hydrogen) atoms. The van der Waals surface area contributed by atoms with E-state index in [0.717, 1.165) is 6.54 Å². The van der Waals surface area contributed by atoms with Crippen LogP contribution >= 0.6 is 22.6 Å². The number of nitrogens with zero attached hydrogens (tertiary/aromatic N) is 2. The lowest BCUT2D eigenvalue weighted by Gasteiger charge is -2.37. The van der Waals surface area contributed by atoms with E-state index in [4.69, 9.17) is 0 Å². The minimum absolute atomic E-state index is 0.678. The van der Waals surface area contributed by atoms with E-state index in [1.807, 2.05) is 0 Å². The van der Waals surface area contributed by atoms with Crippen molar-refractivity contribution in [1.82, 2.24) is 9.80 Å². The van der Waals surface area contributed by atoms with Gasteiger partial charge in [0.15, 0.2) is 0 Å². The van der Waals surface area contributed by atoms with E-state index in [1.54, 1.807) is 0 Å². The minimum atomic E-state index is 0.678. The van der Waals surface area contributed by atoms with E-state index in [2.05, 4.69) is 70.6 Å². The van der Waals surface area contributed by atoms with Crippen LogP contribution in [0.2, 0.25) is 0 Å². The van der Waals surface area contributed by atoms with Crippen LogP contribution in [0, 0.1) is 3.57 Å². The number of hydrogen-bond donors (Lipinski definition) is 0. The second kappa shape index (κ2) is 5.47. The summed E-state index contributed by atoms with van der Waals surface area (Å²) in [6.07, 6.45) is 0. The van der Waals surface area contributed by atoms with E-state index >= 15 is 0 Å². The van der Waals surface area contributed by atoms with Gasteiger partial charge in [-0.15, -0.1) is 0 Å². The van der Waals surface area contributed by atoms with Crippen LogP contribution in [0.1, 0.15) is 12.5 Å². The van der Waals surface area contributed by atoms with Crippen molar-refractivity contribution < 1.29 is 0 Å². The largest absolute Gasteiger partial charge is 0.301 e. The highest BCUT2D eigenvalue weighted by atomic mass is 127. The normalized spacial score (nSPS) is 23.6. The quantitative estimate of drug-likeness (QED) is 0.769. The Hall–Kier alpha value is -0.130. The Morgan fingerprint density at radius 3 is 2.56 bits per heavy atom. The number of piperazine rings is 1.